The second-order valence-electron chi connectivity index (χ2n) is 7.71. The molecule has 0 unspecified atom stereocenters. The fourth-order valence-electron chi connectivity index (χ4n) is 3.65. The van der Waals surface area contributed by atoms with E-state index in [-0.39, 0.29) is 17.9 Å². The molecule has 2 aromatic carbocycles. The SMILES string of the molecule is COc1cc(/C=C/C(=O)N[C@@H](c2ccc3c(c2)OCCO3)C(C)C)cc2c1OCCO2. The van der Waals surface area contributed by atoms with Crippen LogP contribution in [0.4, 0.5) is 0 Å². The number of benzene rings is 2. The summed E-state index contributed by atoms with van der Waals surface area (Å²) in [5, 5.41) is 3.09. The van der Waals surface area contributed by atoms with E-state index in [9.17, 15) is 4.79 Å². The first-order chi connectivity index (χ1) is 15.0. The molecule has 7 heteroatoms. The minimum atomic E-state index is -0.192. The van der Waals surface area contributed by atoms with Gasteiger partial charge in [-0.3, -0.25) is 4.79 Å². The van der Waals surface area contributed by atoms with E-state index in [1.807, 2.05) is 30.3 Å². The van der Waals surface area contributed by atoms with Crippen LogP contribution in [0, 0.1) is 5.92 Å². The van der Waals surface area contributed by atoms with Gasteiger partial charge in [0.05, 0.1) is 13.2 Å². The second kappa shape index (κ2) is 9.20. The molecule has 164 valence electrons. The molecule has 1 atom stereocenters. The highest BCUT2D eigenvalue weighted by molar-refractivity contribution is 5.92. The van der Waals surface area contributed by atoms with Crippen LogP contribution < -0.4 is 29.0 Å². The monoisotopic (exact) mass is 425 g/mol. The zero-order chi connectivity index (χ0) is 21.8. The molecule has 0 aromatic heterocycles. The highest BCUT2D eigenvalue weighted by Crippen LogP contribution is 2.40. The Morgan fingerprint density at radius 2 is 1.68 bits per heavy atom. The molecule has 7 nitrogen and oxygen atoms in total. The maximum absolute atomic E-state index is 12.7. The third-order valence-electron chi connectivity index (χ3n) is 5.17. The standard InChI is InChI=1S/C24H27NO6/c1-15(2)23(17-5-6-18-19(14-17)29-9-8-28-18)25-22(26)7-4-16-12-20(27-3)24-21(13-16)30-10-11-31-24/h4-7,12-15,23H,8-11H2,1-3H3,(H,25,26)/b7-4+/t23-/m1/s1. The Balaban J connectivity index is 1.49. The number of fused-ring (bicyclic) bond motifs is 2. The minimum Gasteiger partial charge on any atom is -0.493 e. The summed E-state index contributed by atoms with van der Waals surface area (Å²) < 4.78 is 27.9. The first kappa shape index (κ1) is 20.9. The van der Waals surface area contributed by atoms with Gasteiger partial charge < -0.3 is 29.0 Å². The van der Waals surface area contributed by atoms with Crippen LogP contribution >= 0.6 is 0 Å². The van der Waals surface area contributed by atoms with Crippen LogP contribution in [0.5, 0.6) is 28.7 Å². The van der Waals surface area contributed by atoms with Gasteiger partial charge in [0.15, 0.2) is 23.0 Å². The van der Waals surface area contributed by atoms with Crippen molar-refractivity contribution in [3.8, 4) is 28.7 Å². The minimum absolute atomic E-state index is 0.164. The number of hydrogen-bond donors (Lipinski definition) is 1. The van der Waals surface area contributed by atoms with E-state index in [1.165, 1.54) is 6.08 Å². The van der Waals surface area contributed by atoms with Gasteiger partial charge in [0.2, 0.25) is 11.7 Å². The van der Waals surface area contributed by atoms with Crippen LogP contribution in [0.15, 0.2) is 36.4 Å². The average molecular weight is 425 g/mol. The highest BCUT2D eigenvalue weighted by Gasteiger charge is 2.21. The third-order valence-corrected chi connectivity index (χ3v) is 5.17. The van der Waals surface area contributed by atoms with Crippen LogP contribution in [0.1, 0.15) is 31.0 Å². The van der Waals surface area contributed by atoms with E-state index in [0.29, 0.717) is 49.4 Å². The highest BCUT2D eigenvalue weighted by atomic mass is 16.6. The van der Waals surface area contributed by atoms with Crippen LogP contribution in [-0.2, 0) is 4.79 Å². The Morgan fingerprint density at radius 1 is 0.968 bits per heavy atom. The molecule has 2 heterocycles. The Labute approximate surface area is 181 Å². The molecule has 2 aromatic rings. The molecule has 1 N–H and O–H groups in total. The molecule has 0 aliphatic carbocycles. The quantitative estimate of drug-likeness (QED) is 0.711. The van der Waals surface area contributed by atoms with Crippen molar-refractivity contribution >= 4 is 12.0 Å². The van der Waals surface area contributed by atoms with Gasteiger partial charge in [-0.25, -0.2) is 0 Å². The van der Waals surface area contributed by atoms with E-state index in [0.717, 1.165) is 16.9 Å². The number of methoxy groups -OCH3 is 1. The van der Waals surface area contributed by atoms with Crippen molar-refractivity contribution in [1.82, 2.24) is 5.32 Å². The Hall–Kier alpha value is -3.35. The summed E-state index contributed by atoms with van der Waals surface area (Å²) in [5.74, 6) is 3.22. The summed E-state index contributed by atoms with van der Waals surface area (Å²) >= 11 is 0. The number of carbonyl (C=O) groups excluding carboxylic acids is 1. The number of amides is 1. The van der Waals surface area contributed by atoms with E-state index >= 15 is 0 Å². The number of hydrogen-bond acceptors (Lipinski definition) is 6. The molecule has 31 heavy (non-hydrogen) atoms. The summed E-state index contributed by atoms with van der Waals surface area (Å²) in [6.07, 6.45) is 3.25. The topological polar surface area (TPSA) is 75.3 Å². The van der Waals surface area contributed by atoms with Crippen LogP contribution in [0.3, 0.4) is 0 Å². The maximum atomic E-state index is 12.7. The maximum Gasteiger partial charge on any atom is 0.244 e. The van der Waals surface area contributed by atoms with Crippen molar-refractivity contribution < 1.29 is 28.5 Å². The zero-order valence-corrected chi connectivity index (χ0v) is 18.0. The lowest BCUT2D eigenvalue weighted by Gasteiger charge is -2.25. The molecule has 0 saturated heterocycles. The van der Waals surface area contributed by atoms with Crippen molar-refractivity contribution in [3.63, 3.8) is 0 Å². The van der Waals surface area contributed by atoms with Crippen molar-refractivity contribution in [2.24, 2.45) is 5.92 Å². The van der Waals surface area contributed by atoms with Crippen molar-refractivity contribution in [3.05, 3.63) is 47.5 Å². The molecular formula is C24H27NO6. The lowest BCUT2D eigenvalue weighted by Crippen LogP contribution is -2.30. The van der Waals surface area contributed by atoms with Crippen molar-refractivity contribution in [2.45, 2.75) is 19.9 Å². The summed E-state index contributed by atoms with van der Waals surface area (Å²) in [7, 11) is 1.58. The number of ether oxygens (including phenoxy) is 5. The Kier molecular flexibility index (Phi) is 6.21. The smallest absolute Gasteiger partial charge is 0.244 e. The Bertz CT molecular complexity index is 967. The van der Waals surface area contributed by atoms with Gasteiger partial charge in [-0.05, 0) is 47.4 Å². The molecule has 0 fully saturated rings. The molecular weight excluding hydrogens is 398 g/mol. The number of carbonyl (C=O) groups is 1. The molecule has 0 radical (unpaired) electrons. The first-order valence-electron chi connectivity index (χ1n) is 10.4. The van der Waals surface area contributed by atoms with Crippen LogP contribution in [0.25, 0.3) is 6.08 Å². The molecule has 0 bridgehead atoms. The van der Waals surface area contributed by atoms with Gasteiger partial charge >= 0.3 is 0 Å². The predicted octanol–water partition coefficient (Wildman–Crippen LogP) is 3.76. The first-order valence-corrected chi connectivity index (χ1v) is 10.4. The normalized spacial score (nSPS) is 15.6. The number of nitrogens with one attached hydrogen (secondary N) is 1. The van der Waals surface area contributed by atoms with Crippen molar-refractivity contribution in [1.29, 1.82) is 0 Å². The summed E-state index contributed by atoms with van der Waals surface area (Å²) in [5.41, 5.74) is 1.76. The van der Waals surface area contributed by atoms with E-state index in [1.54, 1.807) is 13.2 Å². The lowest BCUT2D eigenvalue weighted by atomic mass is 9.95. The van der Waals surface area contributed by atoms with Crippen molar-refractivity contribution in [2.75, 3.05) is 33.5 Å². The molecule has 0 saturated carbocycles. The molecule has 2 aliphatic heterocycles. The van der Waals surface area contributed by atoms with Gasteiger partial charge in [0.1, 0.15) is 26.4 Å². The van der Waals surface area contributed by atoms with E-state index < -0.39 is 0 Å². The van der Waals surface area contributed by atoms with Gasteiger partial charge in [-0.2, -0.15) is 0 Å². The molecule has 4 rings (SSSR count). The summed E-state index contributed by atoms with van der Waals surface area (Å²) in [6.45, 7) is 6.17. The second-order valence-corrected chi connectivity index (χ2v) is 7.71. The Morgan fingerprint density at radius 3 is 2.42 bits per heavy atom. The molecule has 2 aliphatic rings. The summed E-state index contributed by atoms with van der Waals surface area (Å²) in [6, 6.07) is 9.29. The fraction of sp³-hybridized carbons (Fsp3) is 0.375. The van der Waals surface area contributed by atoms with Gasteiger partial charge in [-0.15, -0.1) is 0 Å². The average Bonchev–Trinajstić information content (AvgIpc) is 2.80. The predicted molar refractivity (Wildman–Crippen MR) is 116 cm³/mol. The van der Waals surface area contributed by atoms with Crippen LogP contribution in [-0.4, -0.2) is 39.4 Å². The summed E-state index contributed by atoms with van der Waals surface area (Å²) in [4.78, 5) is 12.7. The van der Waals surface area contributed by atoms with Crippen LogP contribution in [0.2, 0.25) is 0 Å². The van der Waals surface area contributed by atoms with Gasteiger partial charge in [-0.1, -0.05) is 19.9 Å². The van der Waals surface area contributed by atoms with E-state index in [2.05, 4.69) is 19.2 Å². The van der Waals surface area contributed by atoms with Gasteiger partial charge in [0.25, 0.3) is 0 Å². The lowest BCUT2D eigenvalue weighted by molar-refractivity contribution is -0.117. The third kappa shape index (κ3) is 4.71. The number of rotatable bonds is 6. The van der Waals surface area contributed by atoms with E-state index in [4.69, 9.17) is 23.7 Å². The molecule has 0 spiro atoms. The zero-order valence-electron chi connectivity index (χ0n) is 18.0. The largest absolute Gasteiger partial charge is 0.493 e. The molecule has 1 amide bonds. The fourth-order valence-corrected chi connectivity index (χ4v) is 3.65. The van der Waals surface area contributed by atoms with Gasteiger partial charge in [0, 0.05) is 6.08 Å².